The Balaban J connectivity index is 1.60. The minimum Gasteiger partial charge on any atom is -0.492 e. The first-order valence-corrected chi connectivity index (χ1v) is 7.50. The number of nitrogens with one attached hydrogen (secondary N) is 1. The van der Waals surface area contributed by atoms with E-state index in [0.717, 1.165) is 5.75 Å². The van der Waals surface area contributed by atoms with E-state index >= 15 is 0 Å². The molecular formula is C17H23N3O3. The van der Waals surface area contributed by atoms with Crippen LogP contribution in [0.5, 0.6) is 11.5 Å². The fourth-order valence-corrected chi connectivity index (χ4v) is 1.96. The zero-order valence-corrected chi connectivity index (χ0v) is 12.9. The highest BCUT2D eigenvalue weighted by atomic mass is 16.5. The van der Waals surface area contributed by atoms with Gasteiger partial charge in [-0.25, -0.2) is 0 Å². The largest absolute Gasteiger partial charge is 0.492 e. The van der Waals surface area contributed by atoms with E-state index in [0.29, 0.717) is 36.8 Å². The van der Waals surface area contributed by atoms with Crippen LogP contribution in [0.25, 0.3) is 0 Å². The molecule has 0 fully saturated rings. The van der Waals surface area contributed by atoms with E-state index in [1.54, 1.807) is 18.2 Å². The number of anilines is 2. The second-order valence-corrected chi connectivity index (χ2v) is 5.09. The summed E-state index contributed by atoms with van der Waals surface area (Å²) in [5, 5.41) is 13.0. The van der Waals surface area contributed by atoms with Crippen molar-refractivity contribution in [2.75, 3.05) is 37.8 Å². The highest BCUT2D eigenvalue weighted by molar-refractivity contribution is 5.70. The molecule has 0 spiro atoms. The normalized spacial score (nSPS) is 11.9. The number of ether oxygens (including phenoxy) is 2. The Labute approximate surface area is 136 Å². The van der Waals surface area contributed by atoms with Crippen molar-refractivity contribution < 1.29 is 14.6 Å². The average molecular weight is 317 g/mol. The predicted octanol–water partition coefficient (Wildman–Crippen LogP) is 1.26. The van der Waals surface area contributed by atoms with Crippen LogP contribution in [0.15, 0.2) is 48.5 Å². The van der Waals surface area contributed by atoms with Crippen LogP contribution in [0, 0.1) is 0 Å². The molecule has 6 nitrogen and oxygen atoms in total. The number of hydrogen-bond donors (Lipinski definition) is 4. The molecule has 0 bridgehead atoms. The van der Waals surface area contributed by atoms with Gasteiger partial charge in [0.25, 0.3) is 0 Å². The predicted molar refractivity (Wildman–Crippen MR) is 91.6 cm³/mol. The van der Waals surface area contributed by atoms with Crippen LogP contribution in [0.3, 0.4) is 0 Å². The lowest BCUT2D eigenvalue weighted by Crippen LogP contribution is -2.33. The van der Waals surface area contributed by atoms with Gasteiger partial charge < -0.3 is 31.4 Å². The lowest BCUT2D eigenvalue weighted by atomic mass is 10.2. The first-order chi connectivity index (χ1) is 11.2. The number of rotatable bonds is 9. The molecule has 0 aliphatic carbocycles. The van der Waals surface area contributed by atoms with E-state index in [-0.39, 0.29) is 6.61 Å². The minimum atomic E-state index is -0.646. The molecule has 0 aromatic heterocycles. The summed E-state index contributed by atoms with van der Waals surface area (Å²) < 4.78 is 11.0. The van der Waals surface area contributed by atoms with Gasteiger partial charge in [0.05, 0.1) is 11.4 Å². The maximum atomic E-state index is 9.89. The Kier molecular flexibility index (Phi) is 6.53. The van der Waals surface area contributed by atoms with Crippen molar-refractivity contribution in [3.8, 4) is 11.5 Å². The second-order valence-electron chi connectivity index (χ2n) is 5.09. The fourth-order valence-electron chi connectivity index (χ4n) is 1.96. The number of aliphatic hydroxyl groups is 1. The molecule has 0 amide bonds. The summed E-state index contributed by atoms with van der Waals surface area (Å²) in [7, 11) is 0. The quantitative estimate of drug-likeness (QED) is 0.410. The van der Waals surface area contributed by atoms with E-state index in [9.17, 15) is 5.11 Å². The van der Waals surface area contributed by atoms with Gasteiger partial charge in [0.1, 0.15) is 30.8 Å². The third-order valence-corrected chi connectivity index (χ3v) is 3.20. The molecule has 2 aromatic carbocycles. The number of para-hydroxylation sites is 2. The molecule has 0 aliphatic rings. The highest BCUT2D eigenvalue weighted by Gasteiger charge is 2.08. The number of hydrogen-bond acceptors (Lipinski definition) is 6. The molecule has 124 valence electrons. The van der Waals surface area contributed by atoms with Gasteiger partial charge in [0.15, 0.2) is 0 Å². The standard InChI is InChI=1S/C17H23N3O3/c18-15-7-4-8-16(17(15)19)23-12-13(21)11-20-9-10-22-14-5-2-1-3-6-14/h1-8,13,20-21H,9-12,18-19H2. The summed E-state index contributed by atoms with van der Waals surface area (Å²) >= 11 is 0. The number of aliphatic hydroxyl groups excluding tert-OH is 1. The molecule has 0 radical (unpaired) electrons. The molecule has 23 heavy (non-hydrogen) atoms. The van der Waals surface area contributed by atoms with Crippen molar-refractivity contribution in [3.05, 3.63) is 48.5 Å². The van der Waals surface area contributed by atoms with Crippen LogP contribution in [-0.2, 0) is 0 Å². The van der Waals surface area contributed by atoms with Crippen LogP contribution < -0.4 is 26.3 Å². The van der Waals surface area contributed by atoms with E-state index in [2.05, 4.69) is 5.32 Å². The lowest BCUT2D eigenvalue weighted by molar-refractivity contribution is 0.106. The van der Waals surface area contributed by atoms with Gasteiger partial charge in [-0.1, -0.05) is 24.3 Å². The third-order valence-electron chi connectivity index (χ3n) is 3.20. The zero-order chi connectivity index (χ0) is 16.5. The van der Waals surface area contributed by atoms with Crippen molar-refractivity contribution >= 4 is 11.4 Å². The van der Waals surface area contributed by atoms with Gasteiger partial charge in [0.2, 0.25) is 0 Å². The van der Waals surface area contributed by atoms with Gasteiger partial charge in [-0.2, -0.15) is 0 Å². The van der Waals surface area contributed by atoms with Gasteiger partial charge in [-0.15, -0.1) is 0 Å². The second kappa shape index (κ2) is 8.87. The van der Waals surface area contributed by atoms with Crippen molar-refractivity contribution in [3.63, 3.8) is 0 Å². The van der Waals surface area contributed by atoms with E-state index < -0.39 is 6.10 Å². The Hall–Kier alpha value is -2.44. The number of benzene rings is 2. The third kappa shape index (κ3) is 5.69. The smallest absolute Gasteiger partial charge is 0.144 e. The Morgan fingerprint density at radius 2 is 1.78 bits per heavy atom. The van der Waals surface area contributed by atoms with Crippen molar-refractivity contribution in [1.29, 1.82) is 0 Å². The Bertz CT molecular complexity index is 593. The van der Waals surface area contributed by atoms with Gasteiger partial charge in [0, 0.05) is 13.1 Å². The van der Waals surface area contributed by atoms with Gasteiger partial charge in [-0.3, -0.25) is 0 Å². The topological polar surface area (TPSA) is 103 Å². The van der Waals surface area contributed by atoms with Crippen LogP contribution in [0.4, 0.5) is 11.4 Å². The molecule has 0 saturated carbocycles. The first-order valence-electron chi connectivity index (χ1n) is 7.50. The summed E-state index contributed by atoms with van der Waals surface area (Å²) in [6.07, 6.45) is -0.646. The van der Waals surface area contributed by atoms with Crippen LogP contribution in [0.1, 0.15) is 0 Å². The van der Waals surface area contributed by atoms with Gasteiger partial charge >= 0.3 is 0 Å². The molecule has 1 unspecified atom stereocenters. The molecule has 2 aromatic rings. The van der Waals surface area contributed by atoms with Gasteiger partial charge in [-0.05, 0) is 24.3 Å². The summed E-state index contributed by atoms with van der Waals surface area (Å²) in [6.45, 7) is 1.70. The molecule has 6 N–H and O–H groups in total. The lowest BCUT2D eigenvalue weighted by Gasteiger charge is -2.15. The molecular weight excluding hydrogens is 294 g/mol. The fraction of sp³-hybridized carbons (Fsp3) is 0.294. The Morgan fingerprint density at radius 1 is 1.00 bits per heavy atom. The molecule has 1 atom stereocenters. The minimum absolute atomic E-state index is 0.139. The molecule has 0 aliphatic heterocycles. The van der Waals surface area contributed by atoms with E-state index in [1.807, 2.05) is 30.3 Å². The van der Waals surface area contributed by atoms with Crippen LogP contribution in [-0.4, -0.2) is 37.5 Å². The summed E-state index contributed by atoms with van der Waals surface area (Å²) in [6, 6.07) is 14.8. The SMILES string of the molecule is Nc1cccc(OCC(O)CNCCOc2ccccc2)c1N. The maximum absolute atomic E-state index is 9.89. The molecule has 0 heterocycles. The van der Waals surface area contributed by atoms with Crippen LogP contribution in [0.2, 0.25) is 0 Å². The average Bonchev–Trinajstić information content (AvgIpc) is 2.57. The first kappa shape index (κ1) is 16.9. The van der Waals surface area contributed by atoms with Crippen LogP contribution >= 0.6 is 0 Å². The highest BCUT2D eigenvalue weighted by Crippen LogP contribution is 2.26. The summed E-state index contributed by atoms with van der Waals surface area (Å²) in [5.41, 5.74) is 12.4. The van der Waals surface area contributed by atoms with Crippen molar-refractivity contribution in [1.82, 2.24) is 5.32 Å². The van der Waals surface area contributed by atoms with Crippen molar-refractivity contribution in [2.24, 2.45) is 0 Å². The molecule has 2 rings (SSSR count). The molecule has 6 heteroatoms. The number of nitrogen functional groups attached to an aromatic ring is 2. The van der Waals surface area contributed by atoms with Crippen molar-refractivity contribution in [2.45, 2.75) is 6.10 Å². The monoisotopic (exact) mass is 317 g/mol. The number of nitrogens with two attached hydrogens (primary N) is 2. The van der Waals surface area contributed by atoms with E-state index in [4.69, 9.17) is 20.9 Å². The zero-order valence-electron chi connectivity index (χ0n) is 12.9. The maximum Gasteiger partial charge on any atom is 0.144 e. The summed E-state index contributed by atoms with van der Waals surface area (Å²) in [5.74, 6) is 1.31. The molecule has 0 saturated heterocycles. The Morgan fingerprint density at radius 3 is 2.57 bits per heavy atom. The summed E-state index contributed by atoms with van der Waals surface area (Å²) in [4.78, 5) is 0. The van der Waals surface area contributed by atoms with E-state index in [1.165, 1.54) is 0 Å².